The quantitative estimate of drug-likeness (QED) is 0.800. The standard InChI is InChI=1S/C15H18N2O3S/c1-15(2,3)13(19)16-14-17(9-12(18)20-4)10-7-5-6-8-11(10)21-14/h5-8H,9H2,1-4H3. The van der Waals surface area contributed by atoms with E-state index in [1.165, 1.54) is 18.4 Å². The molecule has 0 fully saturated rings. The Kier molecular flexibility index (Phi) is 4.27. The van der Waals surface area contributed by atoms with E-state index >= 15 is 0 Å². The number of esters is 1. The molecule has 0 aliphatic carbocycles. The Labute approximate surface area is 126 Å². The molecule has 0 atom stereocenters. The van der Waals surface area contributed by atoms with Gasteiger partial charge in [0, 0.05) is 5.41 Å². The summed E-state index contributed by atoms with van der Waals surface area (Å²) in [5, 5.41) is 0. The highest BCUT2D eigenvalue weighted by molar-refractivity contribution is 7.16. The van der Waals surface area contributed by atoms with Crippen molar-refractivity contribution < 1.29 is 14.3 Å². The number of fused-ring (bicyclic) bond motifs is 1. The van der Waals surface area contributed by atoms with Crippen molar-refractivity contribution in [3.63, 3.8) is 0 Å². The summed E-state index contributed by atoms with van der Waals surface area (Å²) in [4.78, 5) is 28.4. The van der Waals surface area contributed by atoms with Crippen LogP contribution in [0.2, 0.25) is 0 Å². The van der Waals surface area contributed by atoms with E-state index < -0.39 is 5.41 Å². The number of hydrogen-bond acceptors (Lipinski definition) is 4. The topological polar surface area (TPSA) is 60.7 Å². The second-order valence-electron chi connectivity index (χ2n) is 5.68. The number of hydrogen-bond donors (Lipinski definition) is 0. The number of aromatic nitrogens is 1. The zero-order valence-corrected chi connectivity index (χ0v) is 13.4. The zero-order chi connectivity index (χ0) is 15.6. The second kappa shape index (κ2) is 5.81. The molecule has 2 rings (SSSR count). The van der Waals surface area contributed by atoms with E-state index in [4.69, 9.17) is 4.74 Å². The molecule has 0 spiro atoms. The Bertz CT molecular complexity index is 750. The van der Waals surface area contributed by atoms with Crippen LogP contribution < -0.4 is 4.80 Å². The highest BCUT2D eigenvalue weighted by atomic mass is 32.1. The molecular formula is C15H18N2O3S. The molecule has 0 radical (unpaired) electrons. The average Bonchev–Trinajstić information content (AvgIpc) is 2.75. The molecule has 21 heavy (non-hydrogen) atoms. The summed E-state index contributed by atoms with van der Waals surface area (Å²) in [5.74, 6) is -0.587. The van der Waals surface area contributed by atoms with Gasteiger partial charge < -0.3 is 9.30 Å². The highest BCUT2D eigenvalue weighted by Crippen LogP contribution is 2.18. The number of carbonyl (C=O) groups excluding carboxylic acids is 2. The van der Waals surface area contributed by atoms with Gasteiger partial charge in [-0.25, -0.2) is 0 Å². The first-order valence-electron chi connectivity index (χ1n) is 6.57. The molecule has 0 saturated heterocycles. The predicted octanol–water partition coefficient (Wildman–Crippen LogP) is 2.35. The molecule has 1 aromatic carbocycles. The van der Waals surface area contributed by atoms with Gasteiger partial charge in [-0.1, -0.05) is 44.2 Å². The fourth-order valence-corrected chi connectivity index (χ4v) is 2.73. The van der Waals surface area contributed by atoms with Crippen molar-refractivity contribution in [2.45, 2.75) is 27.3 Å². The first-order chi connectivity index (χ1) is 9.82. The molecule has 112 valence electrons. The Hall–Kier alpha value is -1.95. The van der Waals surface area contributed by atoms with Crippen LogP contribution in [0.3, 0.4) is 0 Å². The number of para-hydroxylation sites is 1. The molecular weight excluding hydrogens is 288 g/mol. The summed E-state index contributed by atoms with van der Waals surface area (Å²) < 4.78 is 7.41. The van der Waals surface area contributed by atoms with Crippen LogP contribution in [0.1, 0.15) is 20.8 Å². The molecule has 0 aliphatic rings. The van der Waals surface area contributed by atoms with Crippen molar-refractivity contribution in [2.24, 2.45) is 10.4 Å². The third-order valence-electron chi connectivity index (χ3n) is 2.94. The number of nitrogens with zero attached hydrogens (tertiary/aromatic N) is 2. The highest BCUT2D eigenvalue weighted by Gasteiger charge is 2.21. The van der Waals surface area contributed by atoms with Gasteiger partial charge in [-0.3, -0.25) is 9.59 Å². The average molecular weight is 306 g/mol. The number of ether oxygens (including phenoxy) is 1. The van der Waals surface area contributed by atoms with Gasteiger partial charge in [0.2, 0.25) is 0 Å². The van der Waals surface area contributed by atoms with Gasteiger partial charge in [-0.15, -0.1) is 0 Å². The van der Waals surface area contributed by atoms with Gasteiger partial charge in [0.1, 0.15) is 6.54 Å². The van der Waals surface area contributed by atoms with Gasteiger partial charge in [0.15, 0.2) is 4.80 Å². The van der Waals surface area contributed by atoms with Crippen molar-refractivity contribution in [1.29, 1.82) is 0 Å². The van der Waals surface area contributed by atoms with E-state index in [2.05, 4.69) is 4.99 Å². The minimum atomic E-state index is -0.556. The van der Waals surface area contributed by atoms with Crippen molar-refractivity contribution in [3.05, 3.63) is 29.1 Å². The van der Waals surface area contributed by atoms with Crippen molar-refractivity contribution in [2.75, 3.05) is 7.11 Å². The van der Waals surface area contributed by atoms with Crippen LogP contribution in [-0.4, -0.2) is 23.6 Å². The van der Waals surface area contributed by atoms with Crippen LogP contribution in [0.5, 0.6) is 0 Å². The van der Waals surface area contributed by atoms with Crippen molar-refractivity contribution in [1.82, 2.24) is 4.57 Å². The lowest BCUT2D eigenvalue weighted by molar-refractivity contribution is -0.141. The first kappa shape index (κ1) is 15.4. The van der Waals surface area contributed by atoms with Crippen LogP contribution >= 0.6 is 11.3 Å². The van der Waals surface area contributed by atoms with E-state index in [9.17, 15) is 9.59 Å². The fraction of sp³-hybridized carbons (Fsp3) is 0.400. The maximum absolute atomic E-state index is 12.1. The van der Waals surface area contributed by atoms with Gasteiger partial charge in [-0.2, -0.15) is 4.99 Å². The summed E-state index contributed by atoms with van der Waals surface area (Å²) in [7, 11) is 1.34. The molecule has 0 saturated carbocycles. The Balaban J connectivity index is 2.62. The van der Waals surface area contributed by atoms with Gasteiger partial charge >= 0.3 is 5.97 Å². The SMILES string of the molecule is COC(=O)Cn1c(=NC(=O)C(C)(C)C)sc2ccccc21. The minimum Gasteiger partial charge on any atom is -0.468 e. The van der Waals surface area contributed by atoms with Crippen LogP contribution in [0.25, 0.3) is 10.2 Å². The molecule has 0 N–H and O–H groups in total. The van der Waals surface area contributed by atoms with Gasteiger partial charge in [0.25, 0.3) is 5.91 Å². The number of benzene rings is 1. The number of thiazole rings is 1. The normalized spacial score (nSPS) is 12.7. The molecule has 5 nitrogen and oxygen atoms in total. The van der Waals surface area contributed by atoms with E-state index in [0.717, 1.165) is 10.2 Å². The third kappa shape index (κ3) is 3.39. The molecule has 1 aromatic heterocycles. The molecule has 0 bridgehead atoms. The summed E-state index contributed by atoms with van der Waals surface area (Å²) in [5.41, 5.74) is 0.313. The number of rotatable bonds is 2. The predicted molar refractivity (Wildman–Crippen MR) is 81.9 cm³/mol. The van der Waals surface area contributed by atoms with E-state index in [-0.39, 0.29) is 18.4 Å². The maximum atomic E-state index is 12.1. The third-order valence-corrected chi connectivity index (χ3v) is 4.00. The summed E-state index contributed by atoms with van der Waals surface area (Å²) in [6.07, 6.45) is 0. The van der Waals surface area contributed by atoms with Crippen LogP contribution in [-0.2, 0) is 20.9 Å². The van der Waals surface area contributed by atoms with Crippen molar-refractivity contribution >= 4 is 33.4 Å². The second-order valence-corrected chi connectivity index (χ2v) is 6.69. The largest absolute Gasteiger partial charge is 0.468 e. The zero-order valence-electron chi connectivity index (χ0n) is 12.5. The maximum Gasteiger partial charge on any atom is 0.325 e. The van der Waals surface area contributed by atoms with Crippen LogP contribution in [0.15, 0.2) is 29.3 Å². The van der Waals surface area contributed by atoms with E-state index in [1.807, 2.05) is 45.0 Å². The van der Waals surface area contributed by atoms with Gasteiger partial charge in [-0.05, 0) is 12.1 Å². The van der Waals surface area contributed by atoms with E-state index in [0.29, 0.717) is 4.80 Å². The number of carbonyl (C=O) groups is 2. The molecule has 0 unspecified atom stereocenters. The lowest BCUT2D eigenvalue weighted by Crippen LogP contribution is -2.26. The summed E-state index contributed by atoms with van der Waals surface area (Å²) >= 11 is 1.39. The summed E-state index contributed by atoms with van der Waals surface area (Å²) in [6.45, 7) is 5.49. The first-order valence-corrected chi connectivity index (χ1v) is 7.39. The Morgan fingerprint density at radius 2 is 1.95 bits per heavy atom. The van der Waals surface area contributed by atoms with Crippen molar-refractivity contribution in [3.8, 4) is 0 Å². The lowest BCUT2D eigenvalue weighted by Gasteiger charge is -2.11. The lowest BCUT2D eigenvalue weighted by atomic mass is 9.96. The molecule has 6 heteroatoms. The fourth-order valence-electron chi connectivity index (χ4n) is 1.71. The summed E-state index contributed by atoms with van der Waals surface area (Å²) in [6, 6.07) is 7.64. The Morgan fingerprint density at radius 3 is 2.57 bits per heavy atom. The molecule has 1 amide bonds. The van der Waals surface area contributed by atoms with E-state index in [1.54, 1.807) is 4.57 Å². The molecule has 2 aromatic rings. The number of methoxy groups -OCH3 is 1. The minimum absolute atomic E-state index is 0.0385. The molecule has 1 heterocycles. The smallest absolute Gasteiger partial charge is 0.325 e. The number of amides is 1. The van der Waals surface area contributed by atoms with Crippen LogP contribution in [0.4, 0.5) is 0 Å². The van der Waals surface area contributed by atoms with Crippen LogP contribution in [0, 0.1) is 5.41 Å². The monoisotopic (exact) mass is 306 g/mol. The molecule has 0 aliphatic heterocycles. The Morgan fingerprint density at radius 1 is 1.29 bits per heavy atom. The van der Waals surface area contributed by atoms with Gasteiger partial charge in [0.05, 0.1) is 17.3 Å².